The lowest BCUT2D eigenvalue weighted by molar-refractivity contribution is 0.898. The van der Waals surface area contributed by atoms with E-state index in [2.05, 4.69) is 4.98 Å². The highest BCUT2D eigenvalue weighted by molar-refractivity contribution is 6.06. The van der Waals surface area contributed by atoms with E-state index in [1.54, 1.807) is 0 Å². The molecule has 2 heterocycles. The van der Waals surface area contributed by atoms with Gasteiger partial charge in [0.25, 0.3) is 5.56 Å². The Morgan fingerprint density at radius 1 is 1.25 bits per heavy atom. The first-order valence-electron chi connectivity index (χ1n) is 5.06. The van der Waals surface area contributed by atoms with Gasteiger partial charge in [-0.25, -0.2) is 4.68 Å². The molecule has 0 fully saturated rings. The van der Waals surface area contributed by atoms with E-state index in [0.29, 0.717) is 5.52 Å². The van der Waals surface area contributed by atoms with Crippen LogP contribution in [0, 0.1) is 6.92 Å². The second-order valence-electron chi connectivity index (χ2n) is 3.92. The molecule has 2 aromatic heterocycles. The highest BCUT2D eigenvalue weighted by Crippen LogP contribution is 2.23. The summed E-state index contributed by atoms with van der Waals surface area (Å²) in [5, 5.41) is 1.98. The first-order valence-corrected chi connectivity index (χ1v) is 5.06. The zero-order valence-electron chi connectivity index (χ0n) is 8.82. The van der Waals surface area contributed by atoms with Gasteiger partial charge in [-0.15, -0.1) is 0 Å². The molecule has 80 valence electrons. The van der Waals surface area contributed by atoms with Gasteiger partial charge in [-0.2, -0.15) is 0 Å². The Balaban J connectivity index is 2.66. The van der Waals surface area contributed by atoms with Crippen molar-refractivity contribution in [1.29, 1.82) is 0 Å². The molecule has 0 unspecified atom stereocenters. The van der Waals surface area contributed by atoms with Crippen LogP contribution in [0.3, 0.4) is 0 Å². The number of benzene rings is 1. The summed E-state index contributed by atoms with van der Waals surface area (Å²) < 4.78 is 1.16. The number of fused-ring (bicyclic) bond motifs is 3. The van der Waals surface area contributed by atoms with Crippen molar-refractivity contribution in [1.82, 2.24) is 9.66 Å². The number of nitrogen functional groups attached to an aromatic ring is 1. The number of aromatic nitrogens is 2. The van der Waals surface area contributed by atoms with Crippen molar-refractivity contribution in [2.75, 3.05) is 5.84 Å². The fraction of sp³-hybridized carbons (Fsp3) is 0.0833. The van der Waals surface area contributed by atoms with Gasteiger partial charge in [0.2, 0.25) is 0 Å². The van der Waals surface area contributed by atoms with Crippen LogP contribution in [0.1, 0.15) is 5.69 Å². The normalized spacial score (nSPS) is 11.3. The van der Waals surface area contributed by atoms with E-state index >= 15 is 0 Å². The van der Waals surface area contributed by atoms with Crippen molar-refractivity contribution >= 4 is 21.8 Å². The van der Waals surface area contributed by atoms with Gasteiger partial charge in [-0.3, -0.25) is 4.79 Å². The summed E-state index contributed by atoms with van der Waals surface area (Å²) in [7, 11) is 0. The summed E-state index contributed by atoms with van der Waals surface area (Å²) in [6, 6.07) is 9.76. The lowest BCUT2D eigenvalue weighted by atomic mass is 10.2. The molecular weight excluding hydrogens is 202 g/mol. The summed E-state index contributed by atoms with van der Waals surface area (Å²) >= 11 is 0. The Labute approximate surface area is 91.3 Å². The van der Waals surface area contributed by atoms with Crippen LogP contribution in [0.5, 0.6) is 0 Å². The van der Waals surface area contributed by atoms with Crippen LogP contribution in [0.25, 0.3) is 21.8 Å². The predicted octanol–water partition coefficient (Wildman–Crippen LogP) is 1.51. The Kier molecular flexibility index (Phi) is 1.63. The number of pyridine rings is 1. The molecule has 1 aromatic carbocycles. The number of aromatic amines is 1. The predicted molar refractivity (Wildman–Crippen MR) is 65.0 cm³/mol. The van der Waals surface area contributed by atoms with Crippen LogP contribution in [0.15, 0.2) is 35.1 Å². The topological polar surface area (TPSA) is 63.8 Å². The Morgan fingerprint density at radius 2 is 2.00 bits per heavy atom. The molecule has 0 radical (unpaired) electrons. The van der Waals surface area contributed by atoms with Gasteiger partial charge < -0.3 is 10.8 Å². The maximum Gasteiger partial charge on any atom is 0.293 e. The second-order valence-corrected chi connectivity index (χ2v) is 3.92. The van der Waals surface area contributed by atoms with Crippen LogP contribution in [-0.4, -0.2) is 9.66 Å². The van der Waals surface area contributed by atoms with E-state index in [0.717, 1.165) is 26.7 Å². The van der Waals surface area contributed by atoms with E-state index in [4.69, 9.17) is 5.84 Å². The minimum Gasteiger partial charge on any atom is -0.350 e. The van der Waals surface area contributed by atoms with Gasteiger partial charge in [0.05, 0.1) is 0 Å². The Hall–Kier alpha value is -2.23. The van der Waals surface area contributed by atoms with Crippen molar-refractivity contribution in [2.24, 2.45) is 0 Å². The number of nitrogens with zero attached hydrogens (tertiary/aromatic N) is 1. The molecule has 0 amide bonds. The van der Waals surface area contributed by atoms with E-state index in [1.807, 2.05) is 37.3 Å². The second kappa shape index (κ2) is 2.88. The average molecular weight is 213 g/mol. The van der Waals surface area contributed by atoms with E-state index in [1.165, 1.54) is 0 Å². The summed E-state index contributed by atoms with van der Waals surface area (Å²) in [4.78, 5) is 15.0. The zero-order chi connectivity index (χ0) is 11.3. The number of hydrogen-bond donors (Lipinski definition) is 2. The largest absolute Gasteiger partial charge is 0.350 e. The zero-order valence-corrected chi connectivity index (χ0v) is 8.82. The average Bonchev–Trinajstić information content (AvgIpc) is 2.65. The number of aryl methyl sites for hydroxylation is 1. The fourth-order valence-electron chi connectivity index (χ4n) is 2.04. The number of H-pyrrole nitrogens is 1. The summed E-state index contributed by atoms with van der Waals surface area (Å²) in [5.41, 5.74) is 2.09. The third kappa shape index (κ3) is 1.01. The van der Waals surface area contributed by atoms with E-state index in [-0.39, 0.29) is 5.56 Å². The summed E-state index contributed by atoms with van der Waals surface area (Å²) in [6.07, 6.45) is 0. The minimum atomic E-state index is -0.189. The molecule has 0 bridgehead atoms. The standard InChI is InChI=1S/C12H11N3O/c1-7-6-9-8-4-2-3-5-10(8)14-11(9)12(16)15(7)13/h2-6,14H,13H2,1H3. The highest BCUT2D eigenvalue weighted by Gasteiger charge is 2.09. The molecule has 0 aliphatic carbocycles. The Morgan fingerprint density at radius 3 is 2.81 bits per heavy atom. The van der Waals surface area contributed by atoms with Gasteiger partial charge in [-0.1, -0.05) is 18.2 Å². The Bertz CT molecular complexity index is 752. The molecule has 0 aliphatic rings. The molecular formula is C12H11N3O. The maximum absolute atomic E-state index is 11.9. The molecule has 0 saturated heterocycles. The molecule has 0 spiro atoms. The molecule has 3 aromatic rings. The molecule has 16 heavy (non-hydrogen) atoms. The van der Waals surface area contributed by atoms with Gasteiger partial charge >= 0.3 is 0 Å². The fourth-order valence-corrected chi connectivity index (χ4v) is 2.04. The molecule has 4 nitrogen and oxygen atoms in total. The number of nitrogens with two attached hydrogens (primary N) is 1. The molecule has 4 heteroatoms. The maximum atomic E-state index is 11.9. The van der Waals surface area contributed by atoms with Crippen LogP contribution in [0.4, 0.5) is 0 Å². The van der Waals surface area contributed by atoms with E-state index < -0.39 is 0 Å². The molecule has 3 rings (SSSR count). The van der Waals surface area contributed by atoms with Gasteiger partial charge in [0.15, 0.2) is 0 Å². The lowest BCUT2D eigenvalue weighted by Crippen LogP contribution is -2.29. The van der Waals surface area contributed by atoms with Crippen molar-refractivity contribution in [2.45, 2.75) is 6.92 Å². The van der Waals surface area contributed by atoms with Crippen molar-refractivity contribution < 1.29 is 0 Å². The SMILES string of the molecule is Cc1cc2c([nH]c3ccccc32)c(=O)n1N. The molecule has 0 atom stereocenters. The number of hydrogen-bond acceptors (Lipinski definition) is 2. The third-order valence-corrected chi connectivity index (χ3v) is 2.91. The first kappa shape index (κ1) is 9.03. The number of nitrogens with one attached hydrogen (secondary N) is 1. The summed E-state index contributed by atoms with van der Waals surface area (Å²) in [5.74, 6) is 5.65. The van der Waals surface area contributed by atoms with Crippen LogP contribution >= 0.6 is 0 Å². The van der Waals surface area contributed by atoms with Crippen LogP contribution in [0.2, 0.25) is 0 Å². The van der Waals surface area contributed by atoms with Gasteiger partial charge in [0.1, 0.15) is 5.52 Å². The molecule has 0 aliphatic heterocycles. The van der Waals surface area contributed by atoms with Crippen LogP contribution < -0.4 is 11.4 Å². The number of rotatable bonds is 0. The summed E-state index contributed by atoms with van der Waals surface area (Å²) in [6.45, 7) is 1.82. The lowest BCUT2D eigenvalue weighted by Gasteiger charge is -2.02. The van der Waals surface area contributed by atoms with Crippen LogP contribution in [-0.2, 0) is 0 Å². The minimum absolute atomic E-state index is 0.189. The van der Waals surface area contributed by atoms with Gasteiger partial charge in [0, 0.05) is 22.0 Å². The van der Waals surface area contributed by atoms with Crippen molar-refractivity contribution in [3.05, 3.63) is 46.4 Å². The van der Waals surface area contributed by atoms with Crippen molar-refractivity contribution in [3.8, 4) is 0 Å². The third-order valence-electron chi connectivity index (χ3n) is 2.91. The van der Waals surface area contributed by atoms with E-state index in [9.17, 15) is 4.79 Å². The molecule has 3 N–H and O–H groups in total. The smallest absolute Gasteiger partial charge is 0.293 e. The highest BCUT2D eigenvalue weighted by atomic mass is 16.1. The molecule has 0 saturated carbocycles. The van der Waals surface area contributed by atoms with Gasteiger partial charge in [-0.05, 0) is 19.1 Å². The first-order chi connectivity index (χ1) is 7.68. The van der Waals surface area contributed by atoms with Crippen molar-refractivity contribution in [3.63, 3.8) is 0 Å². The number of para-hydroxylation sites is 1. The monoisotopic (exact) mass is 213 g/mol. The quantitative estimate of drug-likeness (QED) is 0.556.